The van der Waals surface area contributed by atoms with Gasteiger partial charge in [0.25, 0.3) is 0 Å². The van der Waals surface area contributed by atoms with E-state index in [2.05, 4.69) is 27.1 Å². The van der Waals surface area contributed by atoms with E-state index in [1.165, 1.54) is 12.0 Å². The summed E-state index contributed by atoms with van der Waals surface area (Å²) >= 11 is 0. The molecule has 0 spiro atoms. The summed E-state index contributed by atoms with van der Waals surface area (Å²) in [6.45, 7) is 0. The first-order valence-electron chi connectivity index (χ1n) is 5.87. The van der Waals surface area contributed by atoms with Gasteiger partial charge >= 0.3 is 0 Å². The van der Waals surface area contributed by atoms with E-state index in [0.29, 0.717) is 12.2 Å². The Balaban J connectivity index is 1.92. The summed E-state index contributed by atoms with van der Waals surface area (Å²) in [6.07, 6.45) is 5.41. The molecule has 0 aliphatic carbocycles. The Morgan fingerprint density at radius 1 is 1.00 bits per heavy atom. The Labute approximate surface area is 110 Å². The van der Waals surface area contributed by atoms with E-state index in [9.17, 15) is 0 Å². The van der Waals surface area contributed by atoms with Crippen LogP contribution in [0.3, 0.4) is 0 Å². The zero-order chi connectivity index (χ0) is 13.1. The maximum atomic E-state index is 5.47. The molecule has 3 aromatic rings. The number of nitrogens with two attached hydrogens (primary N) is 1. The smallest absolute Gasteiger partial charge is 0.219 e. The Kier molecular flexibility index (Phi) is 2.94. The fourth-order valence-corrected chi connectivity index (χ4v) is 1.87. The van der Waals surface area contributed by atoms with E-state index in [0.717, 1.165) is 11.3 Å². The third-order valence-electron chi connectivity index (χ3n) is 2.79. The largest absolute Gasteiger partial charge is 0.443 e. The molecule has 2 N–H and O–H groups in total. The molecule has 0 aliphatic rings. The van der Waals surface area contributed by atoms with Crippen LogP contribution in [-0.4, -0.2) is 15.0 Å². The fraction of sp³-hybridized carbons (Fsp3) is 0.0714. The van der Waals surface area contributed by atoms with E-state index < -0.39 is 0 Å². The Morgan fingerprint density at radius 3 is 2.47 bits per heavy atom. The molecule has 5 nitrogen and oxygen atoms in total. The highest BCUT2D eigenvalue weighted by molar-refractivity contribution is 5.58. The summed E-state index contributed by atoms with van der Waals surface area (Å²) in [7, 11) is 0. The van der Waals surface area contributed by atoms with Gasteiger partial charge in [0, 0.05) is 18.8 Å². The van der Waals surface area contributed by atoms with Gasteiger partial charge in [-0.05, 0) is 5.56 Å². The van der Waals surface area contributed by atoms with Crippen molar-refractivity contribution in [3.05, 3.63) is 60.4 Å². The number of rotatable bonds is 3. The second-order valence-corrected chi connectivity index (χ2v) is 4.12. The van der Waals surface area contributed by atoms with Gasteiger partial charge in [0.05, 0.1) is 11.3 Å². The predicted octanol–water partition coefficient (Wildman–Crippen LogP) is 2.30. The van der Waals surface area contributed by atoms with E-state index in [4.69, 9.17) is 10.2 Å². The van der Waals surface area contributed by atoms with Crippen LogP contribution < -0.4 is 5.73 Å². The molecule has 2 aromatic heterocycles. The predicted molar refractivity (Wildman–Crippen MR) is 71.2 cm³/mol. The molecular weight excluding hydrogens is 240 g/mol. The third kappa shape index (κ3) is 2.44. The maximum Gasteiger partial charge on any atom is 0.219 e. The average molecular weight is 252 g/mol. The molecule has 0 unspecified atom stereocenters. The Morgan fingerprint density at radius 2 is 1.74 bits per heavy atom. The lowest BCUT2D eigenvalue weighted by Gasteiger charge is -2.01. The quantitative estimate of drug-likeness (QED) is 0.773. The van der Waals surface area contributed by atoms with Crippen molar-refractivity contribution in [2.45, 2.75) is 6.42 Å². The van der Waals surface area contributed by atoms with Crippen LogP contribution in [0.15, 0.2) is 53.5 Å². The van der Waals surface area contributed by atoms with Gasteiger partial charge in [0.15, 0.2) is 12.2 Å². The van der Waals surface area contributed by atoms with Crippen LogP contribution in [0.4, 0.5) is 5.95 Å². The van der Waals surface area contributed by atoms with Crippen molar-refractivity contribution in [1.29, 1.82) is 0 Å². The minimum absolute atomic E-state index is 0.243. The summed E-state index contributed by atoms with van der Waals surface area (Å²) < 4.78 is 5.43. The van der Waals surface area contributed by atoms with Crippen molar-refractivity contribution in [3.63, 3.8) is 0 Å². The molecule has 0 atom stereocenters. The number of nitrogens with zero attached hydrogens (tertiary/aromatic N) is 3. The SMILES string of the molecule is Nc1ncc(-c2ocnc2Cc2ccccc2)cn1. The van der Waals surface area contributed by atoms with Crippen LogP contribution >= 0.6 is 0 Å². The molecule has 0 saturated heterocycles. The number of anilines is 1. The zero-order valence-electron chi connectivity index (χ0n) is 10.2. The fourth-order valence-electron chi connectivity index (χ4n) is 1.87. The zero-order valence-corrected chi connectivity index (χ0v) is 10.2. The van der Waals surface area contributed by atoms with Gasteiger partial charge in [-0.1, -0.05) is 30.3 Å². The van der Waals surface area contributed by atoms with Crippen LogP contribution in [0.25, 0.3) is 11.3 Å². The van der Waals surface area contributed by atoms with Crippen molar-refractivity contribution in [2.24, 2.45) is 0 Å². The number of oxazole rings is 1. The Bertz CT molecular complexity index is 661. The minimum atomic E-state index is 0.243. The summed E-state index contributed by atoms with van der Waals surface area (Å²) in [6, 6.07) is 10.1. The van der Waals surface area contributed by atoms with E-state index in [1.807, 2.05) is 18.2 Å². The Hall–Kier alpha value is -2.69. The summed E-state index contributed by atoms with van der Waals surface area (Å²) in [4.78, 5) is 12.2. The summed E-state index contributed by atoms with van der Waals surface area (Å²) in [5.41, 5.74) is 8.28. The van der Waals surface area contributed by atoms with Gasteiger partial charge in [0.2, 0.25) is 5.95 Å². The second-order valence-electron chi connectivity index (χ2n) is 4.12. The first-order valence-corrected chi connectivity index (χ1v) is 5.87. The van der Waals surface area contributed by atoms with E-state index >= 15 is 0 Å². The molecule has 3 rings (SSSR count). The lowest BCUT2D eigenvalue weighted by atomic mass is 10.1. The van der Waals surface area contributed by atoms with Crippen molar-refractivity contribution in [1.82, 2.24) is 15.0 Å². The molecule has 0 aliphatic heterocycles. The van der Waals surface area contributed by atoms with Crippen LogP contribution in [0, 0.1) is 0 Å². The van der Waals surface area contributed by atoms with Gasteiger partial charge < -0.3 is 10.2 Å². The topological polar surface area (TPSA) is 77.8 Å². The minimum Gasteiger partial charge on any atom is -0.443 e. The molecule has 94 valence electrons. The van der Waals surface area contributed by atoms with Crippen molar-refractivity contribution >= 4 is 5.95 Å². The molecule has 0 amide bonds. The van der Waals surface area contributed by atoms with Crippen LogP contribution in [0.1, 0.15) is 11.3 Å². The highest BCUT2D eigenvalue weighted by atomic mass is 16.3. The van der Waals surface area contributed by atoms with Crippen LogP contribution in [0.5, 0.6) is 0 Å². The van der Waals surface area contributed by atoms with E-state index in [1.54, 1.807) is 12.4 Å². The lowest BCUT2D eigenvalue weighted by molar-refractivity contribution is 0.570. The number of aromatic nitrogens is 3. The summed E-state index contributed by atoms with van der Waals surface area (Å²) in [5, 5.41) is 0. The standard InChI is InChI=1S/C14H12N4O/c15-14-16-7-11(8-17-14)13-12(18-9-19-13)6-10-4-2-1-3-5-10/h1-5,7-9H,6H2,(H2,15,16,17). The van der Waals surface area contributed by atoms with Crippen molar-refractivity contribution < 1.29 is 4.42 Å². The third-order valence-corrected chi connectivity index (χ3v) is 2.79. The number of hydrogen-bond acceptors (Lipinski definition) is 5. The first-order chi connectivity index (χ1) is 9.33. The van der Waals surface area contributed by atoms with E-state index in [-0.39, 0.29) is 5.95 Å². The number of hydrogen-bond donors (Lipinski definition) is 1. The van der Waals surface area contributed by atoms with Gasteiger partial charge in [-0.2, -0.15) is 0 Å². The summed E-state index contributed by atoms with van der Waals surface area (Å²) in [5.74, 6) is 0.928. The second kappa shape index (κ2) is 4.89. The monoisotopic (exact) mass is 252 g/mol. The molecule has 0 fully saturated rings. The molecule has 0 bridgehead atoms. The van der Waals surface area contributed by atoms with Gasteiger partial charge in [0.1, 0.15) is 0 Å². The van der Waals surface area contributed by atoms with Gasteiger partial charge in [-0.15, -0.1) is 0 Å². The lowest BCUT2D eigenvalue weighted by Crippen LogP contribution is -1.95. The van der Waals surface area contributed by atoms with Gasteiger partial charge in [-0.3, -0.25) is 0 Å². The van der Waals surface area contributed by atoms with Crippen LogP contribution in [-0.2, 0) is 6.42 Å². The van der Waals surface area contributed by atoms with Crippen molar-refractivity contribution in [3.8, 4) is 11.3 Å². The average Bonchev–Trinajstić information content (AvgIpc) is 2.89. The molecule has 19 heavy (non-hydrogen) atoms. The molecule has 0 saturated carbocycles. The molecule has 2 heterocycles. The first kappa shape index (κ1) is 11.4. The molecule has 1 aromatic carbocycles. The normalized spacial score (nSPS) is 10.5. The number of nitrogen functional groups attached to an aromatic ring is 1. The highest BCUT2D eigenvalue weighted by Gasteiger charge is 2.12. The number of benzene rings is 1. The molecule has 5 heteroatoms. The van der Waals surface area contributed by atoms with Crippen LogP contribution in [0.2, 0.25) is 0 Å². The molecular formula is C14H12N4O. The van der Waals surface area contributed by atoms with Crippen molar-refractivity contribution in [2.75, 3.05) is 5.73 Å². The highest BCUT2D eigenvalue weighted by Crippen LogP contribution is 2.23. The molecule has 0 radical (unpaired) electrons. The maximum absolute atomic E-state index is 5.47. The van der Waals surface area contributed by atoms with Gasteiger partial charge in [-0.25, -0.2) is 15.0 Å².